The van der Waals surface area contributed by atoms with Crippen LogP contribution in [0, 0.1) is 5.92 Å². The van der Waals surface area contributed by atoms with Crippen LogP contribution in [-0.2, 0) is 11.3 Å². The molecule has 1 atom stereocenters. The second-order valence-electron chi connectivity index (χ2n) is 6.30. The normalized spacial score (nSPS) is 12.8. The molecule has 0 bridgehead atoms. The molecule has 0 saturated heterocycles. The van der Waals surface area contributed by atoms with Gasteiger partial charge < -0.3 is 24.8 Å². The van der Waals surface area contributed by atoms with Gasteiger partial charge in [0, 0.05) is 26.7 Å². The van der Waals surface area contributed by atoms with Crippen molar-refractivity contribution in [3.8, 4) is 11.5 Å². The Morgan fingerprint density at radius 2 is 1.88 bits per heavy atom. The van der Waals surface area contributed by atoms with Crippen molar-refractivity contribution in [2.45, 2.75) is 46.8 Å². The summed E-state index contributed by atoms with van der Waals surface area (Å²) in [6, 6.07) is 5.94. The third-order valence-corrected chi connectivity index (χ3v) is 4.06. The van der Waals surface area contributed by atoms with Gasteiger partial charge >= 0.3 is 0 Å². The SMILES string of the molecule is CCOc1cc(CNC(=NC)NCCC(OCC)C(C)C)ccc1OC. The Morgan fingerprint density at radius 1 is 1.12 bits per heavy atom. The first-order valence-electron chi connectivity index (χ1n) is 9.41. The maximum Gasteiger partial charge on any atom is 0.191 e. The summed E-state index contributed by atoms with van der Waals surface area (Å²) in [5.41, 5.74) is 1.10. The van der Waals surface area contributed by atoms with Crippen LogP contribution in [0.2, 0.25) is 0 Å². The quantitative estimate of drug-likeness (QED) is 0.466. The summed E-state index contributed by atoms with van der Waals surface area (Å²) < 4.78 is 16.7. The lowest BCUT2D eigenvalue weighted by Gasteiger charge is -2.21. The zero-order valence-electron chi connectivity index (χ0n) is 17.1. The number of ether oxygens (including phenoxy) is 3. The highest BCUT2D eigenvalue weighted by Crippen LogP contribution is 2.27. The van der Waals surface area contributed by atoms with Crippen LogP contribution in [0.3, 0.4) is 0 Å². The number of benzene rings is 1. The van der Waals surface area contributed by atoms with E-state index in [-0.39, 0.29) is 6.10 Å². The van der Waals surface area contributed by atoms with E-state index in [1.165, 1.54) is 0 Å². The Balaban J connectivity index is 2.52. The van der Waals surface area contributed by atoms with Gasteiger partial charge in [0.25, 0.3) is 0 Å². The van der Waals surface area contributed by atoms with Crippen molar-refractivity contribution in [2.75, 3.05) is 33.9 Å². The van der Waals surface area contributed by atoms with Crippen molar-refractivity contribution >= 4 is 5.96 Å². The minimum Gasteiger partial charge on any atom is -0.493 e. The Bertz CT molecular complexity index is 547. The van der Waals surface area contributed by atoms with Crippen LogP contribution in [0.5, 0.6) is 11.5 Å². The summed E-state index contributed by atoms with van der Waals surface area (Å²) in [6.07, 6.45) is 1.21. The summed E-state index contributed by atoms with van der Waals surface area (Å²) >= 11 is 0. The fourth-order valence-electron chi connectivity index (χ4n) is 2.66. The van der Waals surface area contributed by atoms with Crippen LogP contribution in [-0.4, -0.2) is 46.0 Å². The summed E-state index contributed by atoms with van der Waals surface area (Å²) in [7, 11) is 3.42. The molecule has 6 nitrogen and oxygen atoms in total. The van der Waals surface area contributed by atoms with Gasteiger partial charge in [-0.3, -0.25) is 4.99 Å². The lowest BCUT2D eigenvalue weighted by atomic mass is 10.0. The molecule has 0 saturated carbocycles. The van der Waals surface area contributed by atoms with Gasteiger partial charge in [-0.1, -0.05) is 19.9 Å². The molecule has 1 unspecified atom stereocenters. The van der Waals surface area contributed by atoms with Gasteiger partial charge in [-0.15, -0.1) is 0 Å². The van der Waals surface area contributed by atoms with Gasteiger partial charge in [-0.05, 0) is 43.9 Å². The van der Waals surface area contributed by atoms with E-state index in [1.807, 2.05) is 32.0 Å². The minimum atomic E-state index is 0.265. The van der Waals surface area contributed by atoms with Crippen LogP contribution in [0.25, 0.3) is 0 Å². The Morgan fingerprint density at radius 3 is 2.46 bits per heavy atom. The number of rotatable bonds is 11. The average Bonchev–Trinajstić information content (AvgIpc) is 2.64. The summed E-state index contributed by atoms with van der Waals surface area (Å²) in [5, 5.41) is 6.68. The number of aliphatic imine (C=N–C) groups is 1. The molecule has 0 aliphatic rings. The van der Waals surface area contributed by atoms with Crippen LogP contribution in [0.15, 0.2) is 23.2 Å². The van der Waals surface area contributed by atoms with Crippen molar-refractivity contribution in [1.82, 2.24) is 10.6 Å². The second kappa shape index (κ2) is 12.4. The Kier molecular flexibility index (Phi) is 10.5. The number of nitrogens with zero attached hydrogens (tertiary/aromatic N) is 1. The van der Waals surface area contributed by atoms with E-state index < -0.39 is 0 Å². The molecule has 0 fully saturated rings. The van der Waals surface area contributed by atoms with E-state index in [0.717, 1.165) is 42.6 Å². The molecule has 0 amide bonds. The number of nitrogens with one attached hydrogen (secondary N) is 2. The molecule has 6 heteroatoms. The van der Waals surface area contributed by atoms with E-state index in [9.17, 15) is 0 Å². The molecular weight excluding hydrogens is 330 g/mol. The van der Waals surface area contributed by atoms with E-state index in [0.29, 0.717) is 19.1 Å². The largest absolute Gasteiger partial charge is 0.493 e. The molecule has 0 heterocycles. The summed E-state index contributed by atoms with van der Waals surface area (Å²) in [5.74, 6) is 2.78. The molecule has 0 spiro atoms. The molecule has 2 N–H and O–H groups in total. The third-order valence-electron chi connectivity index (χ3n) is 4.06. The number of hydrogen-bond donors (Lipinski definition) is 2. The lowest BCUT2D eigenvalue weighted by Crippen LogP contribution is -2.38. The molecule has 26 heavy (non-hydrogen) atoms. The van der Waals surface area contributed by atoms with Gasteiger partial charge in [0.15, 0.2) is 17.5 Å². The number of methoxy groups -OCH3 is 1. The highest BCUT2D eigenvalue weighted by atomic mass is 16.5. The highest BCUT2D eigenvalue weighted by molar-refractivity contribution is 5.79. The lowest BCUT2D eigenvalue weighted by molar-refractivity contribution is 0.0258. The van der Waals surface area contributed by atoms with E-state index in [1.54, 1.807) is 14.2 Å². The maximum atomic E-state index is 5.78. The molecule has 0 aliphatic carbocycles. The van der Waals surface area contributed by atoms with Gasteiger partial charge in [0.05, 0.1) is 19.8 Å². The van der Waals surface area contributed by atoms with Crippen LogP contribution in [0.1, 0.15) is 39.7 Å². The van der Waals surface area contributed by atoms with E-state index >= 15 is 0 Å². The van der Waals surface area contributed by atoms with Crippen molar-refractivity contribution in [2.24, 2.45) is 10.9 Å². The fourth-order valence-corrected chi connectivity index (χ4v) is 2.66. The molecular formula is C20H35N3O3. The summed E-state index contributed by atoms with van der Waals surface area (Å²) in [6.45, 7) is 11.2. The van der Waals surface area contributed by atoms with Gasteiger partial charge in [0.1, 0.15) is 0 Å². The number of hydrogen-bond acceptors (Lipinski definition) is 4. The average molecular weight is 366 g/mol. The van der Waals surface area contributed by atoms with Crippen molar-refractivity contribution in [3.05, 3.63) is 23.8 Å². The highest BCUT2D eigenvalue weighted by Gasteiger charge is 2.13. The van der Waals surface area contributed by atoms with Crippen molar-refractivity contribution < 1.29 is 14.2 Å². The van der Waals surface area contributed by atoms with Crippen molar-refractivity contribution in [3.63, 3.8) is 0 Å². The Hall–Kier alpha value is -1.95. The monoisotopic (exact) mass is 365 g/mol. The molecule has 1 aromatic rings. The zero-order valence-corrected chi connectivity index (χ0v) is 17.1. The fraction of sp³-hybridized carbons (Fsp3) is 0.650. The summed E-state index contributed by atoms with van der Waals surface area (Å²) in [4.78, 5) is 4.28. The second-order valence-corrected chi connectivity index (χ2v) is 6.30. The predicted molar refractivity (Wildman–Crippen MR) is 107 cm³/mol. The van der Waals surface area contributed by atoms with Crippen LogP contribution in [0.4, 0.5) is 0 Å². The molecule has 0 aromatic heterocycles. The minimum absolute atomic E-state index is 0.265. The first kappa shape index (κ1) is 22.1. The standard InChI is InChI=1S/C20H35N3O3/c1-7-25-17(15(3)4)11-12-22-20(21-5)23-14-16-9-10-18(24-6)19(13-16)26-8-2/h9-10,13,15,17H,7-8,11-12,14H2,1-6H3,(H2,21,22,23). The molecule has 0 aliphatic heterocycles. The first-order chi connectivity index (χ1) is 12.5. The molecule has 1 aromatic carbocycles. The smallest absolute Gasteiger partial charge is 0.191 e. The molecule has 0 radical (unpaired) electrons. The molecule has 148 valence electrons. The van der Waals surface area contributed by atoms with Gasteiger partial charge in [-0.2, -0.15) is 0 Å². The van der Waals surface area contributed by atoms with Crippen LogP contribution >= 0.6 is 0 Å². The molecule has 1 rings (SSSR count). The maximum absolute atomic E-state index is 5.78. The van der Waals surface area contributed by atoms with Crippen molar-refractivity contribution in [1.29, 1.82) is 0 Å². The first-order valence-corrected chi connectivity index (χ1v) is 9.41. The van der Waals surface area contributed by atoms with Gasteiger partial charge in [0.2, 0.25) is 0 Å². The van der Waals surface area contributed by atoms with E-state index in [2.05, 4.69) is 29.5 Å². The third kappa shape index (κ3) is 7.52. The van der Waals surface area contributed by atoms with Gasteiger partial charge in [-0.25, -0.2) is 0 Å². The topological polar surface area (TPSA) is 64.1 Å². The van der Waals surface area contributed by atoms with Crippen LogP contribution < -0.4 is 20.1 Å². The Labute approximate surface area is 158 Å². The van der Waals surface area contributed by atoms with E-state index in [4.69, 9.17) is 14.2 Å². The number of guanidine groups is 1. The predicted octanol–water partition coefficient (Wildman–Crippen LogP) is 3.21. The zero-order chi connectivity index (χ0) is 19.4.